The number of hydrogen-bond acceptors (Lipinski definition) is 4. The number of hydrogen-bond donors (Lipinski definition) is 3. The van der Waals surface area contributed by atoms with Crippen molar-refractivity contribution in [2.45, 2.75) is 39.7 Å². The number of primary amides is 1. The van der Waals surface area contributed by atoms with E-state index in [0.29, 0.717) is 5.69 Å². The Balaban J connectivity index is 2.09. The largest absolute Gasteiger partial charge is 0.449 e. The molecule has 0 aliphatic carbocycles. The van der Waals surface area contributed by atoms with Crippen molar-refractivity contribution in [2.24, 2.45) is 5.73 Å². The second-order valence-electron chi connectivity index (χ2n) is 6.80. The van der Waals surface area contributed by atoms with Gasteiger partial charge in [0.1, 0.15) is 0 Å². The molecule has 3 amide bonds. The van der Waals surface area contributed by atoms with E-state index >= 15 is 0 Å². The van der Waals surface area contributed by atoms with Gasteiger partial charge in [-0.3, -0.25) is 4.79 Å². The predicted octanol–water partition coefficient (Wildman–Crippen LogP) is 3.79. The number of rotatable bonds is 6. The van der Waals surface area contributed by atoms with Crippen LogP contribution in [0.2, 0.25) is 0 Å². The molecule has 1 atom stereocenters. The summed E-state index contributed by atoms with van der Waals surface area (Å²) in [6.45, 7) is 7.50. The number of para-hydroxylation sites is 1. The lowest BCUT2D eigenvalue weighted by Crippen LogP contribution is -2.30. The molecule has 2 rings (SSSR count). The molecule has 0 heterocycles. The third kappa shape index (κ3) is 5.33. The number of anilines is 2. The number of esters is 1. The monoisotopic (exact) mass is 383 g/mol. The number of nitrogens with one attached hydrogen (secondary N) is 2. The second kappa shape index (κ2) is 9.03. The molecule has 0 saturated heterocycles. The fourth-order valence-electron chi connectivity index (χ4n) is 2.72. The third-order valence-electron chi connectivity index (χ3n) is 4.19. The molecule has 0 aliphatic rings. The Labute approximate surface area is 164 Å². The Morgan fingerprint density at radius 1 is 1.00 bits per heavy atom. The second-order valence-corrected chi connectivity index (χ2v) is 6.80. The lowest BCUT2D eigenvalue weighted by molar-refractivity contribution is -0.123. The fourth-order valence-corrected chi connectivity index (χ4v) is 2.72. The van der Waals surface area contributed by atoms with Crippen LogP contribution in [0.3, 0.4) is 0 Å². The van der Waals surface area contributed by atoms with Crippen molar-refractivity contribution in [3.8, 4) is 0 Å². The van der Waals surface area contributed by atoms with E-state index in [1.807, 2.05) is 39.0 Å². The number of amides is 3. The first-order valence-electron chi connectivity index (χ1n) is 8.97. The number of aryl methyl sites for hydroxylation is 1. The summed E-state index contributed by atoms with van der Waals surface area (Å²) in [7, 11) is 0. The Morgan fingerprint density at radius 3 is 2.32 bits per heavy atom. The minimum Gasteiger partial charge on any atom is -0.449 e. The van der Waals surface area contributed by atoms with E-state index in [4.69, 9.17) is 10.5 Å². The van der Waals surface area contributed by atoms with Crippen molar-refractivity contribution >= 4 is 29.3 Å². The lowest BCUT2D eigenvalue weighted by atomic mass is 9.98. The maximum absolute atomic E-state index is 12.6. The molecule has 0 radical (unpaired) electrons. The van der Waals surface area contributed by atoms with Gasteiger partial charge in [-0.15, -0.1) is 0 Å². The SMILES string of the molecule is Cc1cccc(C(C)C)c1NC(=O)[C@H](C)OC(=O)c1cccc(NC(N)=O)c1. The average Bonchev–Trinajstić information content (AvgIpc) is 2.62. The maximum atomic E-state index is 12.6. The van der Waals surface area contributed by atoms with Crippen molar-refractivity contribution in [1.82, 2.24) is 0 Å². The molecule has 0 bridgehead atoms. The fraction of sp³-hybridized carbons (Fsp3) is 0.286. The van der Waals surface area contributed by atoms with Crippen molar-refractivity contribution in [2.75, 3.05) is 10.6 Å². The van der Waals surface area contributed by atoms with Gasteiger partial charge in [0.05, 0.1) is 5.56 Å². The molecule has 28 heavy (non-hydrogen) atoms. The van der Waals surface area contributed by atoms with Gasteiger partial charge in [-0.2, -0.15) is 0 Å². The molecule has 7 heteroatoms. The maximum Gasteiger partial charge on any atom is 0.338 e. The van der Waals surface area contributed by atoms with Crippen LogP contribution in [0, 0.1) is 6.92 Å². The van der Waals surface area contributed by atoms with Crippen LogP contribution in [-0.4, -0.2) is 24.0 Å². The quantitative estimate of drug-likeness (QED) is 0.659. The normalized spacial score (nSPS) is 11.6. The number of ether oxygens (including phenoxy) is 1. The van der Waals surface area contributed by atoms with Gasteiger partial charge >= 0.3 is 12.0 Å². The molecule has 148 valence electrons. The Kier molecular flexibility index (Phi) is 6.76. The number of carbonyl (C=O) groups is 3. The van der Waals surface area contributed by atoms with Crippen LogP contribution in [0.4, 0.5) is 16.2 Å². The Hall–Kier alpha value is -3.35. The zero-order valence-corrected chi connectivity index (χ0v) is 16.4. The summed E-state index contributed by atoms with van der Waals surface area (Å²) in [5, 5.41) is 5.25. The number of carbonyl (C=O) groups excluding carboxylic acids is 3. The Bertz CT molecular complexity index is 893. The van der Waals surface area contributed by atoms with Gasteiger partial charge in [0.2, 0.25) is 0 Å². The molecule has 7 nitrogen and oxygen atoms in total. The van der Waals surface area contributed by atoms with Gasteiger partial charge in [0.15, 0.2) is 6.10 Å². The Morgan fingerprint density at radius 2 is 1.68 bits per heavy atom. The highest BCUT2D eigenvalue weighted by molar-refractivity contribution is 5.99. The highest BCUT2D eigenvalue weighted by Crippen LogP contribution is 2.27. The third-order valence-corrected chi connectivity index (χ3v) is 4.19. The van der Waals surface area contributed by atoms with Crippen LogP contribution in [0.5, 0.6) is 0 Å². The minimum atomic E-state index is -1.00. The topological polar surface area (TPSA) is 111 Å². The van der Waals surface area contributed by atoms with Crippen molar-refractivity contribution < 1.29 is 19.1 Å². The first-order chi connectivity index (χ1) is 13.2. The van der Waals surface area contributed by atoms with Crippen LogP contribution in [0.25, 0.3) is 0 Å². The van der Waals surface area contributed by atoms with Gasteiger partial charge in [-0.05, 0) is 49.1 Å². The van der Waals surface area contributed by atoms with Crippen LogP contribution < -0.4 is 16.4 Å². The number of benzene rings is 2. The van der Waals surface area contributed by atoms with E-state index in [2.05, 4.69) is 10.6 Å². The summed E-state index contributed by atoms with van der Waals surface area (Å²) in [5.74, 6) is -0.867. The minimum absolute atomic E-state index is 0.199. The first kappa shape index (κ1) is 21.0. The van der Waals surface area contributed by atoms with E-state index in [-0.39, 0.29) is 11.5 Å². The van der Waals surface area contributed by atoms with Gasteiger partial charge in [0, 0.05) is 11.4 Å². The molecule has 0 aromatic heterocycles. The van der Waals surface area contributed by atoms with E-state index in [1.54, 1.807) is 12.1 Å². The van der Waals surface area contributed by atoms with E-state index < -0.39 is 24.0 Å². The highest BCUT2D eigenvalue weighted by atomic mass is 16.5. The van der Waals surface area contributed by atoms with Crippen LogP contribution in [-0.2, 0) is 9.53 Å². The summed E-state index contributed by atoms with van der Waals surface area (Å²) in [6, 6.07) is 11.2. The molecule has 0 spiro atoms. The van der Waals surface area contributed by atoms with Gasteiger partial charge in [-0.1, -0.05) is 38.1 Å². The smallest absolute Gasteiger partial charge is 0.338 e. The number of urea groups is 1. The molecule has 0 saturated carbocycles. The van der Waals surface area contributed by atoms with Gasteiger partial charge in [0.25, 0.3) is 5.91 Å². The van der Waals surface area contributed by atoms with Crippen molar-refractivity contribution in [1.29, 1.82) is 0 Å². The molecule has 2 aromatic rings. The summed E-state index contributed by atoms with van der Waals surface area (Å²) >= 11 is 0. The van der Waals surface area contributed by atoms with Crippen LogP contribution in [0.1, 0.15) is 48.2 Å². The van der Waals surface area contributed by atoms with E-state index in [0.717, 1.165) is 16.8 Å². The molecular formula is C21H25N3O4. The lowest BCUT2D eigenvalue weighted by Gasteiger charge is -2.19. The number of nitrogens with two attached hydrogens (primary N) is 1. The highest BCUT2D eigenvalue weighted by Gasteiger charge is 2.21. The molecule has 0 aliphatic heterocycles. The van der Waals surface area contributed by atoms with E-state index in [1.165, 1.54) is 19.1 Å². The summed E-state index contributed by atoms with van der Waals surface area (Å²) < 4.78 is 5.28. The summed E-state index contributed by atoms with van der Waals surface area (Å²) in [6.07, 6.45) is -1.00. The first-order valence-corrected chi connectivity index (χ1v) is 8.97. The van der Waals surface area contributed by atoms with Gasteiger partial charge in [-0.25, -0.2) is 9.59 Å². The molecule has 4 N–H and O–H groups in total. The zero-order chi connectivity index (χ0) is 20.8. The van der Waals surface area contributed by atoms with Crippen LogP contribution in [0.15, 0.2) is 42.5 Å². The molecule has 0 unspecified atom stereocenters. The molecule has 2 aromatic carbocycles. The van der Waals surface area contributed by atoms with Crippen molar-refractivity contribution in [3.05, 3.63) is 59.2 Å². The summed E-state index contributed by atoms with van der Waals surface area (Å²) in [4.78, 5) is 35.8. The standard InChI is InChI=1S/C21H25N3O4/c1-12(2)17-10-5-7-13(3)18(17)24-19(25)14(4)28-20(26)15-8-6-9-16(11-15)23-21(22)27/h5-12,14H,1-4H3,(H,24,25)(H3,22,23,27)/t14-/m0/s1. The zero-order valence-electron chi connectivity index (χ0n) is 16.4. The summed E-state index contributed by atoms with van der Waals surface area (Å²) in [5.41, 5.74) is 8.31. The molecule has 0 fully saturated rings. The van der Waals surface area contributed by atoms with Crippen molar-refractivity contribution in [3.63, 3.8) is 0 Å². The van der Waals surface area contributed by atoms with E-state index in [9.17, 15) is 14.4 Å². The predicted molar refractivity (Wildman–Crippen MR) is 108 cm³/mol. The average molecular weight is 383 g/mol. The van der Waals surface area contributed by atoms with Crippen LogP contribution >= 0.6 is 0 Å². The molecular weight excluding hydrogens is 358 g/mol. The van der Waals surface area contributed by atoms with Gasteiger partial charge < -0.3 is 21.1 Å².